The molecule has 0 unspecified atom stereocenters. The molecule has 2 rings (SSSR count). The lowest BCUT2D eigenvalue weighted by atomic mass is 9.98. The monoisotopic (exact) mass is 279 g/mol. The lowest BCUT2D eigenvalue weighted by molar-refractivity contribution is -0.385. The van der Waals surface area contributed by atoms with E-state index in [1.807, 2.05) is 0 Å². The third kappa shape index (κ3) is 4.77. The molecule has 0 aliphatic heterocycles. The summed E-state index contributed by atoms with van der Waals surface area (Å²) < 4.78 is 5.82. The lowest BCUT2D eigenvalue weighted by Crippen LogP contribution is -2.18. The Morgan fingerprint density at radius 3 is 2.80 bits per heavy atom. The van der Waals surface area contributed by atoms with E-state index in [-0.39, 0.29) is 5.69 Å². The fourth-order valence-electron chi connectivity index (χ4n) is 2.37. The predicted octanol–water partition coefficient (Wildman–Crippen LogP) is 3.14. The van der Waals surface area contributed by atoms with Gasteiger partial charge in [0.15, 0.2) is 0 Å². The quantitative estimate of drug-likeness (QED) is 0.471. The van der Waals surface area contributed by atoms with Crippen LogP contribution in [0.5, 0.6) is 0 Å². The Morgan fingerprint density at radius 1 is 1.35 bits per heavy atom. The van der Waals surface area contributed by atoms with Gasteiger partial charge in [0.25, 0.3) is 5.69 Å². The molecule has 20 heavy (non-hydrogen) atoms. The highest BCUT2D eigenvalue weighted by molar-refractivity contribution is 5.39. The smallest absolute Gasteiger partial charge is 0.287 e. The van der Waals surface area contributed by atoms with Gasteiger partial charge in [-0.3, -0.25) is 10.1 Å². The normalized spacial score (nSPS) is 16.0. The Balaban J connectivity index is 1.59. The van der Waals surface area contributed by atoms with Crippen molar-refractivity contribution in [2.75, 3.05) is 18.5 Å². The molecule has 0 atom stereocenters. The minimum absolute atomic E-state index is 0.0104. The number of nitrogens with one attached hydrogen (secondary N) is 1. The summed E-state index contributed by atoms with van der Waals surface area (Å²) in [6.07, 6.45) is 8.92. The number of rotatable bonds is 7. The molecule has 0 saturated heterocycles. The Morgan fingerprint density at radius 2 is 2.15 bits per heavy atom. The molecule has 0 spiro atoms. The van der Waals surface area contributed by atoms with Crippen molar-refractivity contribution >= 4 is 11.5 Å². The van der Waals surface area contributed by atoms with Gasteiger partial charge in [-0.25, -0.2) is 4.98 Å². The molecule has 110 valence electrons. The molecule has 0 radical (unpaired) electrons. The van der Waals surface area contributed by atoms with Crippen molar-refractivity contribution in [3.63, 3.8) is 0 Å². The molecule has 0 amide bonds. The summed E-state index contributed by atoms with van der Waals surface area (Å²) in [4.78, 5) is 14.0. The second kappa shape index (κ2) is 7.79. The minimum Gasteiger partial charge on any atom is -0.378 e. The molecule has 1 aromatic heterocycles. The molecule has 1 aliphatic rings. The lowest BCUT2D eigenvalue weighted by Gasteiger charge is -2.21. The molecule has 1 aliphatic carbocycles. The van der Waals surface area contributed by atoms with Crippen LogP contribution >= 0.6 is 0 Å². The van der Waals surface area contributed by atoms with Crippen LogP contribution in [0.15, 0.2) is 18.3 Å². The molecule has 6 heteroatoms. The molecule has 1 fully saturated rings. The van der Waals surface area contributed by atoms with E-state index in [9.17, 15) is 10.1 Å². The maximum atomic E-state index is 10.5. The number of hydrogen-bond acceptors (Lipinski definition) is 5. The molecular formula is C14H21N3O3. The van der Waals surface area contributed by atoms with Gasteiger partial charge in [-0.05, 0) is 25.3 Å². The maximum Gasteiger partial charge on any atom is 0.287 e. The number of ether oxygens (including phenoxy) is 1. The standard InChI is InChI=1S/C14H21N3O3/c18-17(19)12-7-8-14(16-11-12)15-9-4-10-20-13-5-2-1-3-6-13/h7-8,11,13H,1-6,9-10H2,(H,15,16). The molecular weight excluding hydrogens is 258 g/mol. The van der Waals surface area contributed by atoms with Gasteiger partial charge in [0.1, 0.15) is 12.0 Å². The Kier molecular flexibility index (Phi) is 5.73. The van der Waals surface area contributed by atoms with Crippen molar-refractivity contribution in [3.05, 3.63) is 28.4 Å². The summed E-state index contributed by atoms with van der Waals surface area (Å²) in [7, 11) is 0. The minimum atomic E-state index is -0.450. The number of anilines is 1. The van der Waals surface area contributed by atoms with Crippen LogP contribution in [0.4, 0.5) is 11.5 Å². The van der Waals surface area contributed by atoms with Crippen LogP contribution in [-0.4, -0.2) is 29.2 Å². The number of aromatic nitrogens is 1. The first-order valence-corrected chi connectivity index (χ1v) is 7.21. The molecule has 1 heterocycles. The fourth-order valence-corrected chi connectivity index (χ4v) is 2.37. The van der Waals surface area contributed by atoms with Crippen LogP contribution in [-0.2, 0) is 4.74 Å². The number of hydrogen-bond donors (Lipinski definition) is 1. The Labute approximate surface area is 118 Å². The third-order valence-corrected chi connectivity index (χ3v) is 3.49. The first-order chi connectivity index (χ1) is 9.75. The van der Waals surface area contributed by atoms with Crippen molar-refractivity contribution in [2.24, 2.45) is 0 Å². The van der Waals surface area contributed by atoms with E-state index in [1.165, 1.54) is 44.4 Å². The van der Waals surface area contributed by atoms with E-state index in [0.29, 0.717) is 11.9 Å². The van der Waals surface area contributed by atoms with E-state index >= 15 is 0 Å². The fraction of sp³-hybridized carbons (Fsp3) is 0.643. The molecule has 0 aromatic carbocycles. The van der Waals surface area contributed by atoms with Crippen LogP contribution in [0.25, 0.3) is 0 Å². The zero-order chi connectivity index (χ0) is 14.2. The van der Waals surface area contributed by atoms with Gasteiger partial charge in [0, 0.05) is 19.2 Å². The van der Waals surface area contributed by atoms with E-state index in [1.54, 1.807) is 6.07 Å². The molecule has 0 bridgehead atoms. The van der Waals surface area contributed by atoms with Crippen LogP contribution in [0.3, 0.4) is 0 Å². The molecule has 6 nitrogen and oxygen atoms in total. The highest BCUT2D eigenvalue weighted by Gasteiger charge is 2.12. The van der Waals surface area contributed by atoms with Crippen LogP contribution in [0, 0.1) is 10.1 Å². The van der Waals surface area contributed by atoms with Gasteiger partial charge in [0.05, 0.1) is 11.0 Å². The average molecular weight is 279 g/mol. The van der Waals surface area contributed by atoms with Crippen molar-refractivity contribution in [1.29, 1.82) is 0 Å². The van der Waals surface area contributed by atoms with E-state index in [4.69, 9.17) is 4.74 Å². The Bertz CT molecular complexity index is 416. The van der Waals surface area contributed by atoms with Crippen molar-refractivity contribution in [1.82, 2.24) is 4.98 Å². The largest absolute Gasteiger partial charge is 0.378 e. The zero-order valence-electron chi connectivity index (χ0n) is 11.6. The van der Waals surface area contributed by atoms with Gasteiger partial charge < -0.3 is 10.1 Å². The summed E-state index contributed by atoms with van der Waals surface area (Å²) >= 11 is 0. The van der Waals surface area contributed by atoms with Crippen LogP contribution in [0.1, 0.15) is 38.5 Å². The van der Waals surface area contributed by atoms with Crippen LogP contribution < -0.4 is 5.32 Å². The summed E-state index contributed by atoms with van der Waals surface area (Å²) in [6, 6.07) is 3.08. The van der Waals surface area contributed by atoms with Gasteiger partial charge in [-0.1, -0.05) is 19.3 Å². The van der Waals surface area contributed by atoms with Crippen LogP contribution in [0.2, 0.25) is 0 Å². The molecule has 1 aromatic rings. The summed E-state index contributed by atoms with van der Waals surface area (Å²) in [5, 5.41) is 13.6. The first kappa shape index (κ1) is 14.7. The number of nitro groups is 1. The predicted molar refractivity (Wildman–Crippen MR) is 76.8 cm³/mol. The third-order valence-electron chi connectivity index (χ3n) is 3.49. The second-order valence-electron chi connectivity index (χ2n) is 5.07. The SMILES string of the molecule is O=[N+]([O-])c1ccc(NCCCOC2CCCCC2)nc1. The van der Waals surface area contributed by atoms with E-state index in [2.05, 4.69) is 10.3 Å². The van der Waals surface area contributed by atoms with Gasteiger partial charge in [-0.15, -0.1) is 0 Å². The molecule has 1 saturated carbocycles. The second-order valence-corrected chi connectivity index (χ2v) is 5.07. The van der Waals surface area contributed by atoms with Gasteiger partial charge in [0.2, 0.25) is 0 Å². The van der Waals surface area contributed by atoms with Gasteiger partial charge >= 0.3 is 0 Å². The van der Waals surface area contributed by atoms with Crippen molar-refractivity contribution < 1.29 is 9.66 Å². The van der Waals surface area contributed by atoms with Gasteiger partial charge in [-0.2, -0.15) is 0 Å². The number of nitrogens with zero attached hydrogens (tertiary/aromatic N) is 2. The molecule has 1 N–H and O–H groups in total. The Hall–Kier alpha value is -1.69. The highest BCUT2D eigenvalue weighted by Crippen LogP contribution is 2.20. The van der Waals surface area contributed by atoms with E-state index < -0.39 is 4.92 Å². The maximum absolute atomic E-state index is 10.5. The number of pyridine rings is 1. The average Bonchev–Trinajstić information content (AvgIpc) is 2.48. The summed E-state index contributed by atoms with van der Waals surface area (Å²) in [5.41, 5.74) is 0.0104. The first-order valence-electron chi connectivity index (χ1n) is 7.21. The summed E-state index contributed by atoms with van der Waals surface area (Å²) in [5.74, 6) is 0.660. The van der Waals surface area contributed by atoms with Crippen molar-refractivity contribution in [3.8, 4) is 0 Å². The highest BCUT2D eigenvalue weighted by atomic mass is 16.6. The summed E-state index contributed by atoms with van der Waals surface area (Å²) in [6.45, 7) is 1.52. The van der Waals surface area contributed by atoms with E-state index in [0.717, 1.165) is 19.6 Å². The van der Waals surface area contributed by atoms with Crippen molar-refractivity contribution in [2.45, 2.75) is 44.6 Å². The topological polar surface area (TPSA) is 77.3 Å². The zero-order valence-corrected chi connectivity index (χ0v) is 11.6.